The monoisotopic (exact) mass is 156 g/mol. The van der Waals surface area contributed by atoms with E-state index in [4.69, 9.17) is 19.5 Å². The summed E-state index contributed by atoms with van der Waals surface area (Å²) in [5.74, 6) is 0. The third-order valence-corrected chi connectivity index (χ3v) is 0. The van der Waals surface area contributed by atoms with Crippen LogP contribution in [0.4, 0.5) is 4.79 Å². The van der Waals surface area contributed by atoms with E-state index in [0.29, 0.717) is 10.1 Å². The van der Waals surface area contributed by atoms with Crippen LogP contribution in [0.5, 0.6) is 0 Å². The topological polar surface area (TPSA) is 80.3 Å². The molecule has 0 aromatic carbocycles. The van der Waals surface area contributed by atoms with Crippen LogP contribution >= 0.6 is 0 Å². The Morgan fingerprint density at radius 3 is 1.25 bits per heavy atom. The zero-order chi connectivity index (χ0) is 5.58. The van der Waals surface area contributed by atoms with E-state index in [-0.39, 0.29) is 49.0 Å². The first-order valence-electron chi connectivity index (χ1n) is 0.901. The van der Waals surface area contributed by atoms with Crippen molar-refractivity contribution in [1.29, 1.82) is 0 Å². The molecule has 0 saturated heterocycles. The Morgan fingerprint density at radius 1 is 1.25 bits per heavy atom. The van der Waals surface area contributed by atoms with Crippen LogP contribution in [0.1, 0.15) is 2.85 Å². The first-order chi connectivity index (χ1) is 2.73. The van der Waals surface area contributed by atoms with Crippen LogP contribution in [0.25, 0.3) is 0 Å². The van der Waals surface area contributed by atoms with E-state index in [1.165, 1.54) is 0 Å². The molecule has 0 bridgehead atoms. The summed E-state index contributed by atoms with van der Waals surface area (Å²) in [6, 6.07) is 0. The van der Waals surface area contributed by atoms with Gasteiger partial charge in [-0.2, -0.15) is 0 Å². The largest absolute Gasteiger partial charge is 2.00 e. The minimum absolute atomic E-state index is 0. The Kier molecular flexibility index (Phi) is 72.3. The van der Waals surface area contributed by atoms with Crippen molar-refractivity contribution in [2.75, 3.05) is 0 Å². The molecule has 0 heterocycles. The molecule has 7 heteroatoms. The van der Waals surface area contributed by atoms with Gasteiger partial charge >= 0.3 is 46.1 Å². The van der Waals surface area contributed by atoms with Crippen molar-refractivity contribution >= 4 is 62.4 Å². The first-order valence-corrected chi connectivity index (χ1v) is 1.48. The van der Waals surface area contributed by atoms with Crippen LogP contribution in [-0.2, 0) is 4.46 Å². The molecular formula is CH4Mg2O4Si. The first kappa shape index (κ1) is 23.2. The standard InChI is InChI=1S/CH2O3.2Mg.H2OSi.2H/c2-1(3)4;;;1-2;;/h(H2,2,3,4);;;2H2;;/q;2*+2;;2*-1/p-2. The minimum atomic E-state index is -2.33. The number of hydrogen-bond acceptors (Lipinski definition) is 4. The molecule has 0 amide bonds. The van der Waals surface area contributed by atoms with Crippen molar-refractivity contribution in [1.82, 2.24) is 0 Å². The summed E-state index contributed by atoms with van der Waals surface area (Å²) in [5, 5.41) is 16.7. The summed E-state index contributed by atoms with van der Waals surface area (Å²) in [4.78, 5) is 8.33. The third kappa shape index (κ3) is 344. The molecule has 0 spiro atoms. The van der Waals surface area contributed by atoms with Crippen LogP contribution in [-0.4, -0.2) is 62.4 Å². The second-order valence-corrected chi connectivity index (χ2v) is 0.250. The Hall–Kier alpha value is 0.819. The van der Waals surface area contributed by atoms with Gasteiger partial charge in [0.05, 0.1) is 0 Å². The van der Waals surface area contributed by atoms with Crippen LogP contribution in [0.2, 0.25) is 0 Å². The molecule has 0 saturated carbocycles. The van der Waals surface area contributed by atoms with Gasteiger partial charge in [-0.3, -0.25) is 0 Å². The van der Waals surface area contributed by atoms with Crippen molar-refractivity contribution in [2.24, 2.45) is 0 Å². The molecule has 0 fully saturated rings. The van der Waals surface area contributed by atoms with Crippen LogP contribution in [0, 0.1) is 0 Å². The maximum absolute atomic E-state index is 8.33. The summed E-state index contributed by atoms with van der Waals surface area (Å²) in [7, 11) is 0.611. The van der Waals surface area contributed by atoms with Gasteiger partial charge in [0.25, 0.3) is 0 Å². The van der Waals surface area contributed by atoms with Gasteiger partial charge < -0.3 is 22.3 Å². The Balaban J connectivity index is -0.00000000625. The molecule has 8 heavy (non-hydrogen) atoms. The Labute approximate surface area is 84.4 Å². The van der Waals surface area contributed by atoms with Crippen molar-refractivity contribution in [3.05, 3.63) is 0 Å². The normalized spacial score (nSPS) is 3.50. The summed E-state index contributed by atoms with van der Waals surface area (Å²) < 4.78 is 8.28. The Bertz CT molecular complexity index is 52.5. The average molecular weight is 157 g/mol. The molecule has 0 radical (unpaired) electrons. The Morgan fingerprint density at radius 2 is 1.25 bits per heavy atom. The SMILES string of the molecule is O=C([O-])[O-].O=[SiH2].[H-].[H-].[Mg+2].[Mg+2]. The molecule has 0 unspecified atom stereocenters. The number of carbonyl (C=O) groups is 1. The fourth-order valence-corrected chi connectivity index (χ4v) is 0. The van der Waals surface area contributed by atoms with Gasteiger partial charge in [0, 0.05) is 0 Å². The summed E-state index contributed by atoms with van der Waals surface area (Å²) in [6.45, 7) is 0. The van der Waals surface area contributed by atoms with E-state index >= 15 is 0 Å². The molecule has 4 nitrogen and oxygen atoms in total. The van der Waals surface area contributed by atoms with Crippen molar-refractivity contribution in [3.63, 3.8) is 0 Å². The summed E-state index contributed by atoms with van der Waals surface area (Å²) in [5.41, 5.74) is 0. The van der Waals surface area contributed by atoms with E-state index in [9.17, 15) is 0 Å². The summed E-state index contributed by atoms with van der Waals surface area (Å²) >= 11 is 0. The van der Waals surface area contributed by atoms with Gasteiger partial charge in [0.2, 0.25) is 10.1 Å². The quantitative estimate of drug-likeness (QED) is 0.335. The molecule has 0 atom stereocenters. The molecule has 0 N–H and O–H groups in total. The molecular weight excluding hydrogens is 153 g/mol. The summed E-state index contributed by atoms with van der Waals surface area (Å²) in [6.07, 6.45) is -2.33. The van der Waals surface area contributed by atoms with Crippen LogP contribution in [0.15, 0.2) is 0 Å². The third-order valence-electron chi connectivity index (χ3n) is 0. The van der Waals surface area contributed by atoms with Gasteiger partial charge in [0.15, 0.2) is 0 Å². The van der Waals surface area contributed by atoms with Crippen molar-refractivity contribution < 1.29 is 22.3 Å². The van der Waals surface area contributed by atoms with Gasteiger partial charge in [-0.15, -0.1) is 0 Å². The number of carbonyl (C=O) groups excluding carboxylic acids is 1. The molecule has 0 rings (SSSR count). The van der Waals surface area contributed by atoms with Crippen molar-refractivity contribution in [3.8, 4) is 0 Å². The van der Waals surface area contributed by atoms with Gasteiger partial charge in [0.1, 0.15) is 0 Å². The minimum Gasteiger partial charge on any atom is -1.00 e. The van der Waals surface area contributed by atoms with E-state index in [0.717, 1.165) is 0 Å². The molecule has 0 aromatic heterocycles. The van der Waals surface area contributed by atoms with E-state index in [2.05, 4.69) is 0 Å². The van der Waals surface area contributed by atoms with E-state index in [1.807, 2.05) is 0 Å². The zero-order valence-electron chi connectivity index (χ0n) is 6.25. The zero-order valence-corrected chi connectivity index (χ0v) is 8.50. The van der Waals surface area contributed by atoms with Crippen molar-refractivity contribution in [2.45, 2.75) is 0 Å². The number of hydrogen-bond donors (Lipinski definition) is 0. The fourth-order valence-electron chi connectivity index (χ4n) is 0. The van der Waals surface area contributed by atoms with Gasteiger partial charge in [-0.05, 0) is 6.16 Å². The smallest absolute Gasteiger partial charge is 1.00 e. The predicted octanol–water partition coefficient (Wildman–Crippen LogP) is -4.02. The number of rotatable bonds is 0. The number of carboxylic acid groups (broad SMARTS) is 2. The van der Waals surface area contributed by atoms with E-state index in [1.54, 1.807) is 0 Å². The maximum atomic E-state index is 8.33. The molecule has 0 aliphatic heterocycles. The average Bonchev–Trinajstić information content (AvgIpc) is 1.41. The van der Waals surface area contributed by atoms with Crippen LogP contribution < -0.4 is 10.2 Å². The maximum Gasteiger partial charge on any atom is 2.00 e. The molecule has 40 valence electrons. The van der Waals surface area contributed by atoms with E-state index < -0.39 is 6.16 Å². The molecule has 0 aliphatic rings. The second-order valence-electron chi connectivity index (χ2n) is 0.250. The van der Waals surface area contributed by atoms with Gasteiger partial charge in [-0.1, -0.05) is 0 Å². The van der Waals surface area contributed by atoms with Gasteiger partial charge in [-0.25, -0.2) is 0 Å². The molecule has 0 aromatic rings. The predicted molar refractivity (Wildman–Crippen MR) is 28.4 cm³/mol. The fraction of sp³-hybridized carbons (Fsp3) is 0. The second kappa shape index (κ2) is 24.9. The molecule has 0 aliphatic carbocycles. The van der Waals surface area contributed by atoms with Crippen LogP contribution in [0.3, 0.4) is 0 Å².